The minimum absolute atomic E-state index is 0.0312. The van der Waals surface area contributed by atoms with E-state index in [2.05, 4.69) is 4.72 Å². The Hall–Kier alpha value is -1.70. The zero-order valence-corrected chi connectivity index (χ0v) is 14.1. The van der Waals surface area contributed by atoms with E-state index in [9.17, 15) is 17.9 Å². The molecule has 1 heterocycles. The molecule has 0 spiro atoms. The van der Waals surface area contributed by atoms with Crippen molar-refractivity contribution in [1.82, 2.24) is 4.72 Å². The second-order valence-corrected chi connectivity index (χ2v) is 7.22. The van der Waals surface area contributed by atoms with Crippen molar-refractivity contribution >= 4 is 10.0 Å². The standard InChI is InChI=1S/C16H20FNO4S/c1-10-8-13(17)4-5-16(10)23(20,21)18-7-6-15(19)14-9-11(2)22-12(14)3/h4-5,8-9,15,18-19H,6-7H2,1-3H3/t15-/m1/s1. The number of benzene rings is 1. The van der Waals surface area contributed by atoms with Crippen LogP contribution in [0.5, 0.6) is 0 Å². The van der Waals surface area contributed by atoms with Crippen LogP contribution in [-0.4, -0.2) is 20.1 Å². The Morgan fingerprint density at radius 2 is 1.96 bits per heavy atom. The summed E-state index contributed by atoms with van der Waals surface area (Å²) in [4.78, 5) is 0.0312. The SMILES string of the molecule is Cc1cc([C@H](O)CCNS(=O)(=O)c2ccc(F)cc2C)c(C)o1. The molecule has 1 aromatic heterocycles. The lowest BCUT2D eigenvalue weighted by Gasteiger charge is -2.12. The first kappa shape index (κ1) is 17.7. The number of rotatable bonds is 6. The zero-order chi connectivity index (χ0) is 17.2. The summed E-state index contributed by atoms with van der Waals surface area (Å²) < 4.78 is 45.3. The fourth-order valence-corrected chi connectivity index (χ4v) is 3.73. The summed E-state index contributed by atoms with van der Waals surface area (Å²) in [5, 5.41) is 10.1. The van der Waals surface area contributed by atoms with E-state index in [-0.39, 0.29) is 17.9 Å². The van der Waals surface area contributed by atoms with Crippen molar-refractivity contribution in [2.24, 2.45) is 0 Å². The molecule has 0 aliphatic heterocycles. The van der Waals surface area contributed by atoms with Gasteiger partial charge in [0.15, 0.2) is 0 Å². The van der Waals surface area contributed by atoms with Crippen LogP contribution in [0.1, 0.15) is 35.2 Å². The van der Waals surface area contributed by atoms with E-state index in [0.29, 0.717) is 22.6 Å². The monoisotopic (exact) mass is 341 g/mol. The fraction of sp³-hybridized carbons (Fsp3) is 0.375. The number of nitrogens with one attached hydrogen (secondary N) is 1. The predicted octanol–water partition coefficient (Wildman–Crippen LogP) is 2.75. The number of hydrogen-bond acceptors (Lipinski definition) is 4. The molecule has 0 aliphatic rings. The second kappa shape index (κ2) is 6.82. The molecule has 0 amide bonds. The molecule has 1 atom stereocenters. The van der Waals surface area contributed by atoms with E-state index in [0.717, 1.165) is 6.07 Å². The maximum atomic E-state index is 13.1. The summed E-state index contributed by atoms with van der Waals surface area (Å²) in [6, 6.07) is 5.24. The van der Waals surface area contributed by atoms with Gasteiger partial charge in [-0.2, -0.15) is 0 Å². The molecule has 23 heavy (non-hydrogen) atoms. The molecule has 0 saturated carbocycles. The van der Waals surface area contributed by atoms with Gasteiger partial charge in [-0.3, -0.25) is 0 Å². The lowest BCUT2D eigenvalue weighted by Crippen LogP contribution is -2.26. The summed E-state index contributed by atoms with van der Waals surface area (Å²) in [5.74, 6) is 0.828. The molecule has 0 saturated heterocycles. The third-order valence-corrected chi connectivity index (χ3v) is 5.20. The van der Waals surface area contributed by atoms with E-state index in [1.165, 1.54) is 19.1 Å². The van der Waals surface area contributed by atoms with Crippen molar-refractivity contribution < 1.29 is 22.3 Å². The number of halogens is 1. The Balaban J connectivity index is 2.01. The highest BCUT2D eigenvalue weighted by Gasteiger charge is 2.19. The average Bonchev–Trinajstić information content (AvgIpc) is 2.77. The van der Waals surface area contributed by atoms with Gasteiger partial charge in [-0.05, 0) is 57.0 Å². The molecule has 0 fully saturated rings. The summed E-state index contributed by atoms with van der Waals surface area (Å²) in [6.07, 6.45) is -0.608. The van der Waals surface area contributed by atoms with Crippen LogP contribution >= 0.6 is 0 Å². The predicted molar refractivity (Wildman–Crippen MR) is 84.1 cm³/mol. The van der Waals surface area contributed by atoms with Gasteiger partial charge in [-0.1, -0.05) is 0 Å². The Labute approximate surface area is 135 Å². The summed E-state index contributed by atoms with van der Waals surface area (Å²) in [5.41, 5.74) is 0.985. The number of aliphatic hydroxyl groups excluding tert-OH is 1. The quantitative estimate of drug-likeness (QED) is 0.847. The lowest BCUT2D eigenvalue weighted by atomic mass is 10.1. The summed E-state index contributed by atoms with van der Waals surface area (Å²) in [7, 11) is -3.74. The maximum absolute atomic E-state index is 13.1. The molecule has 0 bridgehead atoms. The second-order valence-electron chi connectivity index (χ2n) is 5.48. The van der Waals surface area contributed by atoms with Gasteiger partial charge in [0.05, 0.1) is 11.0 Å². The minimum Gasteiger partial charge on any atom is -0.466 e. The Morgan fingerprint density at radius 3 is 2.52 bits per heavy atom. The van der Waals surface area contributed by atoms with Crippen LogP contribution in [0.15, 0.2) is 33.6 Å². The first-order valence-electron chi connectivity index (χ1n) is 7.21. The Kier molecular flexibility index (Phi) is 5.23. The minimum atomic E-state index is -3.74. The number of furan rings is 1. The molecule has 0 radical (unpaired) electrons. The van der Waals surface area contributed by atoms with Gasteiger partial charge in [0.25, 0.3) is 0 Å². The molecule has 0 unspecified atom stereocenters. The van der Waals surface area contributed by atoms with Crippen molar-refractivity contribution in [3.05, 3.63) is 52.7 Å². The number of aliphatic hydroxyl groups is 1. The van der Waals surface area contributed by atoms with Crippen LogP contribution in [-0.2, 0) is 10.0 Å². The highest BCUT2D eigenvalue weighted by Crippen LogP contribution is 2.24. The van der Waals surface area contributed by atoms with E-state index >= 15 is 0 Å². The molecular weight excluding hydrogens is 321 g/mol. The van der Waals surface area contributed by atoms with Gasteiger partial charge in [-0.15, -0.1) is 0 Å². The Bertz CT molecular complexity index is 798. The Morgan fingerprint density at radius 1 is 1.26 bits per heavy atom. The number of hydrogen-bond donors (Lipinski definition) is 2. The van der Waals surface area contributed by atoms with Gasteiger partial charge in [0.1, 0.15) is 17.3 Å². The molecule has 126 valence electrons. The first-order valence-corrected chi connectivity index (χ1v) is 8.70. The average molecular weight is 341 g/mol. The van der Waals surface area contributed by atoms with E-state index in [1.807, 2.05) is 0 Å². The van der Waals surface area contributed by atoms with E-state index < -0.39 is 21.9 Å². The van der Waals surface area contributed by atoms with Gasteiger partial charge >= 0.3 is 0 Å². The highest BCUT2D eigenvalue weighted by atomic mass is 32.2. The van der Waals surface area contributed by atoms with Crippen LogP contribution in [0, 0.1) is 26.6 Å². The number of aryl methyl sites for hydroxylation is 3. The van der Waals surface area contributed by atoms with Crippen molar-refractivity contribution in [3.63, 3.8) is 0 Å². The summed E-state index contributed by atoms with van der Waals surface area (Å²) in [6.45, 7) is 5.12. The topological polar surface area (TPSA) is 79.5 Å². The van der Waals surface area contributed by atoms with Gasteiger partial charge in [0.2, 0.25) is 10.0 Å². The summed E-state index contributed by atoms with van der Waals surface area (Å²) >= 11 is 0. The van der Waals surface area contributed by atoms with E-state index in [1.54, 1.807) is 19.9 Å². The molecule has 2 rings (SSSR count). The third-order valence-electron chi connectivity index (χ3n) is 3.57. The first-order chi connectivity index (χ1) is 10.7. The van der Waals surface area contributed by atoms with Crippen molar-refractivity contribution in [2.45, 2.75) is 38.2 Å². The largest absolute Gasteiger partial charge is 0.466 e. The maximum Gasteiger partial charge on any atom is 0.240 e. The van der Waals surface area contributed by atoms with Crippen molar-refractivity contribution in [2.75, 3.05) is 6.54 Å². The van der Waals surface area contributed by atoms with Gasteiger partial charge < -0.3 is 9.52 Å². The normalized spacial score (nSPS) is 13.3. The smallest absolute Gasteiger partial charge is 0.240 e. The molecule has 7 heteroatoms. The number of sulfonamides is 1. The van der Waals surface area contributed by atoms with Gasteiger partial charge in [0, 0.05) is 12.1 Å². The van der Waals surface area contributed by atoms with Crippen LogP contribution in [0.2, 0.25) is 0 Å². The molecule has 2 N–H and O–H groups in total. The lowest BCUT2D eigenvalue weighted by molar-refractivity contribution is 0.167. The third kappa shape index (κ3) is 4.19. The molecule has 2 aromatic rings. The molecule has 1 aromatic carbocycles. The van der Waals surface area contributed by atoms with Crippen LogP contribution in [0.4, 0.5) is 4.39 Å². The molecular formula is C16H20FNO4S. The van der Waals surface area contributed by atoms with Crippen LogP contribution < -0.4 is 4.72 Å². The van der Waals surface area contributed by atoms with Crippen molar-refractivity contribution in [3.8, 4) is 0 Å². The highest BCUT2D eigenvalue weighted by molar-refractivity contribution is 7.89. The van der Waals surface area contributed by atoms with Crippen LogP contribution in [0.3, 0.4) is 0 Å². The zero-order valence-electron chi connectivity index (χ0n) is 13.3. The van der Waals surface area contributed by atoms with E-state index in [4.69, 9.17) is 4.42 Å². The van der Waals surface area contributed by atoms with Crippen molar-refractivity contribution in [1.29, 1.82) is 0 Å². The fourth-order valence-electron chi connectivity index (χ4n) is 2.46. The molecule has 0 aliphatic carbocycles. The van der Waals surface area contributed by atoms with Crippen LogP contribution in [0.25, 0.3) is 0 Å². The molecule has 5 nitrogen and oxygen atoms in total. The van der Waals surface area contributed by atoms with Gasteiger partial charge in [-0.25, -0.2) is 17.5 Å².